The van der Waals surface area contributed by atoms with Gasteiger partial charge < -0.3 is 14.9 Å². The maximum atomic E-state index is 10.7. The van der Waals surface area contributed by atoms with Crippen LogP contribution >= 0.6 is 0 Å². The first-order valence-corrected chi connectivity index (χ1v) is 5.97. The van der Waals surface area contributed by atoms with Crippen molar-refractivity contribution in [2.75, 3.05) is 6.61 Å². The van der Waals surface area contributed by atoms with Crippen molar-refractivity contribution in [3.8, 4) is 0 Å². The number of aliphatic hydroxyl groups excluding tert-OH is 1. The van der Waals surface area contributed by atoms with Crippen LogP contribution in [0.2, 0.25) is 0 Å². The summed E-state index contributed by atoms with van der Waals surface area (Å²) in [6, 6.07) is 0. The molecule has 5 atom stereocenters. The highest BCUT2D eigenvalue weighted by molar-refractivity contribution is 5.21. The van der Waals surface area contributed by atoms with Crippen molar-refractivity contribution >= 4 is 0 Å². The summed E-state index contributed by atoms with van der Waals surface area (Å²) >= 11 is 0. The lowest BCUT2D eigenvalue weighted by Crippen LogP contribution is -2.51. The fraction of sp³-hybridized carbons (Fsp3) is 1.00. The molecule has 2 aliphatic carbocycles. The normalized spacial score (nSPS) is 62.4. The van der Waals surface area contributed by atoms with E-state index in [0.717, 1.165) is 25.7 Å². The van der Waals surface area contributed by atoms with Crippen molar-refractivity contribution in [3.63, 3.8) is 0 Å². The lowest BCUT2D eigenvalue weighted by Gasteiger charge is -2.40. The summed E-state index contributed by atoms with van der Waals surface area (Å²) in [5.74, 6) is 0.345. The number of epoxide rings is 1. The summed E-state index contributed by atoms with van der Waals surface area (Å²) in [6.07, 6.45) is 4.06. The van der Waals surface area contributed by atoms with Crippen LogP contribution in [0, 0.1) is 11.3 Å². The molecule has 0 aromatic carbocycles. The fourth-order valence-electron chi connectivity index (χ4n) is 4.10. The van der Waals surface area contributed by atoms with Gasteiger partial charge in [-0.25, -0.2) is 0 Å². The van der Waals surface area contributed by atoms with Crippen molar-refractivity contribution in [2.24, 2.45) is 11.3 Å². The Kier molecular flexibility index (Phi) is 1.73. The number of hydrogen-bond acceptors (Lipinski definition) is 3. The van der Waals surface area contributed by atoms with Gasteiger partial charge in [0.15, 0.2) is 0 Å². The van der Waals surface area contributed by atoms with E-state index in [9.17, 15) is 10.2 Å². The van der Waals surface area contributed by atoms with E-state index >= 15 is 0 Å². The second-order valence-electron chi connectivity index (χ2n) is 6.05. The molecule has 0 spiro atoms. The maximum Gasteiger partial charge on any atom is 0.0976 e. The number of ether oxygens (including phenoxy) is 1. The van der Waals surface area contributed by atoms with Crippen LogP contribution in [0.5, 0.6) is 0 Å². The van der Waals surface area contributed by atoms with E-state index in [1.165, 1.54) is 0 Å². The van der Waals surface area contributed by atoms with Crippen LogP contribution in [0.4, 0.5) is 0 Å². The summed E-state index contributed by atoms with van der Waals surface area (Å²) in [5, 5.41) is 20.4. The van der Waals surface area contributed by atoms with E-state index in [2.05, 4.69) is 6.92 Å². The zero-order valence-corrected chi connectivity index (χ0v) is 9.49. The predicted octanol–water partition coefficient (Wildman–Crippen LogP) is 1.08. The highest BCUT2D eigenvalue weighted by atomic mass is 16.6. The number of hydrogen-bond donors (Lipinski definition) is 2. The van der Waals surface area contributed by atoms with E-state index in [1.807, 2.05) is 6.92 Å². The van der Waals surface area contributed by atoms with Gasteiger partial charge in [0.1, 0.15) is 0 Å². The minimum Gasteiger partial charge on any atom is -0.396 e. The molecule has 3 fully saturated rings. The first-order chi connectivity index (χ1) is 6.96. The zero-order chi connectivity index (χ0) is 10.9. The molecule has 3 heteroatoms. The van der Waals surface area contributed by atoms with E-state index in [0.29, 0.717) is 5.92 Å². The highest BCUT2D eigenvalue weighted by Crippen LogP contribution is 2.65. The Balaban J connectivity index is 2.06. The van der Waals surface area contributed by atoms with Gasteiger partial charge in [-0.3, -0.25) is 0 Å². The average molecular weight is 212 g/mol. The second kappa shape index (κ2) is 2.58. The van der Waals surface area contributed by atoms with Gasteiger partial charge in [0.25, 0.3) is 0 Å². The Bertz CT molecular complexity index is 301. The summed E-state index contributed by atoms with van der Waals surface area (Å²) in [6.45, 7) is 4.07. The Morgan fingerprint density at radius 2 is 1.93 bits per heavy atom. The molecule has 0 amide bonds. The van der Waals surface area contributed by atoms with Gasteiger partial charge in [0.05, 0.1) is 29.3 Å². The predicted molar refractivity (Wildman–Crippen MR) is 55.4 cm³/mol. The van der Waals surface area contributed by atoms with Crippen molar-refractivity contribution in [1.29, 1.82) is 0 Å². The van der Waals surface area contributed by atoms with Crippen LogP contribution in [0.3, 0.4) is 0 Å². The van der Waals surface area contributed by atoms with E-state index in [1.54, 1.807) is 0 Å². The smallest absolute Gasteiger partial charge is 0.0976 e. The van der Waals surface area contributed by atoms with Crippen LogP contribution < -0.4 is 0 Å². The number of aliphatic hydroxyl groups is 2. The SMILES string of the molecule is CC1(O)[C@@H]2CC[C@@]1(CO)[C@@H]1O[C@]1(C)CC2. The first kappa shape index (κ1) is 10.1. The molecule has 1 aliphatic heterocycles. The van der Waals surface area contributed by atoms with Crippen LogP contribution in [-0.2, 0) is 4.74 Å². The van der Waals surface area contributed by atoms with Gasteiger partial charge in [0, 0.05) is 0 Å². The topological polar surface area (TPSA) is 53.0 Å². The highest BCUT2D eigenvalue weighted by Gasteiger charge is 2.73. The minimum absolute atomic E-state index is 0.0523. The standard InChI is InChI=1S/C12H20O3/c1-10-5-3-8-4-6-12(7-13,9(10)15-10)11(8,2)14/h8-9,13-14H,3-7H2,1-2H3/t8-,9+,10+,11?,12+/m0/s1. The van der Waals surface area contributed by atoms with Gasteiger partial charge in [-0.1, -0.05) is 0 Å². The molecule has 1 unspecified atom stereocenters. The molecule has 1 saturated heterocycles. The molecule has 86 valence electrons. The largest absolute Gasteiger partial charge is 0.396 e. The molecule has 3 rings (SSSR count). The van der Waals surface area contributed by atoms with Crippen molar-refractivity contribution in [2.45, 2.75) is 56.8 Å². The molecule has 2 N–H and O–H groups in total. The lowest BCUT2D eigenvalue weighted by atomic mass is 9.70. The first-order valence-electron chi connectivity index (χ1n) is 5.97. The second-order valence-corrected chi connectivity index (χ2v) is 6.05. The van der Waals surface area contributed by atoms with Gasteiger partial charge >= 0.3 is 0 Å². The molecule has 2 bridgehead atoms. The van der Waals surface area contributed by atoms with Crippen LogP contribution in [0.25, 0.3) is 0 Å². The Hall–Kier alpha value is -0.120. The lowest BCUT2D eigenvalue weighted by molar-refractivity contribution is -0.110. The average Bonchev–Trinajstić information content (AvgIpc) is 2.75. The maximum absolute atomic E-state index is 10.7. The van der Waals surface area contributed by atoms with E-state index in [4.69, 9.17) is 4.74 Å². The quantitative estimate of drug-likeness (QED) is 0.639. The van der Waals surface area contributed by atoms with E-state index < -0.39 is 11.0 Å². The number of rotatable bonds is 1. The zero-order valence-electron chi connectivity index (χ0n) is 9.49. The third kappa shape index (κ3) is 0.973. The summed E-state index contributed by atoms with van der Waals surface area (Å²) in [7, 11) is 0. The van der Waals surface area contributed by atoms with Crippen molar-refractivity contribution in [1.82, 2.24) is 0 Å². The molecular formula is C12H20O3. The third-order valence-corrected chi connectivity index (χ3v) is 5.40. The molecule has 0 aromatic heterocycles. The molecule has 1 heterocycles. The van der Waals surface area contributed by atoms with Crippen molar-refractivity contribution < 1.29 is 14.9 Å². The summed E-state index contributed by atoms with van der Waals surface area (Å²) < 4.78 is 5.79. The molecular weight excluding hydrogens is 192 g/mol. The Labute approximate surface area is 90.4 Å². The number of fused-ring (bicyclic) bond motifs is 4. The molecule has 0 radical (unpaired) electrons. The molecule has 3 nitrogen and oxygen atoms in total. The van der Waals surface area contributed by atoms with Crippen LogP contribution in [0.15, 0.2) is 0 Å². The van der Waals surface area contributed by atoms with E-state index in [-0.39, 0.29) is 18.3 Å². The van der Waals surface area contributed by atoms with Gasteiger partial charge in [-0.2, -0.15) is 0 Å². The van der Waals surface area contributed by atoms with Crippen molar-refractivity contribution in [3.05, 3.63) is 0 Å². The van der Waals surface area contributed by atoms with Crippen LogP contribution in [0.1, 0.15) is 39.5 Å². The summed E-state index contributed by atoms with van der Waals surface area (Å²) in [5.41, 5.74) is -1.22. The molecule has 0 aromatic rings. The minimum atomic E-state index is -0.749. The van der Waals surface area contributed by atoms with Gasteiger partial charge in [-0.05, 0) is 45.4 Å². The van der Waals surface area contributed by atoms with Crippen LogP contribution in [-0.4, -0.2) is 34.1 Å². The van der Waals surface area contributed by atoms with Gasteiger partial charge in [-0.15, -0.1) is 0 Å². The fourth-order valence-corrected chi connectivity index (χ4v) is 4.10. The summed E-state index contributed by atoms with van der Waals surface area (Å²) in [4.78, 5) is 0. The third-order valence-electron chi connectivity index (χ3n) is 5.40. The van der Waals surface area contributed by atoms with Gasteiger partial charge in [0.2, 0.25) is 0 Å². The Morgan fingerprint density at radius 1 is 1.27 bits per heavy atom. The Morgan fingerprint density at radius 3 is 2.60 bits per heavy atom. The molecule has 2 saturated carbocycles. The molecule has 15 heavy (non-hydrogen) atoms. The monoisotopic (exact) mass is 212 g/mol. The molecule has 3 aliphatic rings.